The van der Waals surface area contributed by atoms with Crippen molar-refractivity contribution in [2.24, 2.45) is 0 Å². The number of carbonyl (C=O) groups is 2. The number of alkyl carbamates (subject to hydrolysis) is 1. The second kappa shape index (κ2) is 10.7. The van der Waals surface area contributed by atoms with Gasteiger partial charge >= 0.3 is 6.09 Å². The molecule has 144 valence electrons. The Kier molecular flexibility index (Phi) is 7.96. The van der Waals surface area contributed by atoms with Gasteiger partial charge in [-0.3, -0.25) is 4.79 Å². The minimum absolute atomic E-state index is 0.114. The van der Waals surface area contributed by atoms with Crippen LogP contribution in [0.5, 0.6) is 17.2 Å². The molecule has 0 aromatic heterocycles. The van der Waals surface area contributed by atoms with Crippen LogP contribution in [0.4, 0.5) is 4.79 Å². The molecule has 0 saturated heterocycles. The maximum atomic E-state index is 11.7. The number of amides is 2. The van der Waals surface area contributed by atoms with E-state index in [1.165, 1.54) is 5.56 Å². The molecule has 0 spiro atoms. The number of hydrogen-bond acceptors (Lipinski definition) is 5. The quantitative estimate of drug-likeness (QED) is 0.661. The molecule has 7 heteroatoms. The lowest BCUT2D eigenvalue weighted by atomic mass is 10.2. The van der Waals surface area contributed by atoms with Crippen molar-refractivity contribution >= 4 is 12.0 Å². The van der Waals surface area contributed by atoms with Crippen LogP contribution >= 0.6 is 0 Å². The molecule has 7 nitrogen and oxygen atoms in total. The van der Waals surface area contributed by atoms with Gasteiger partial charge in [0.2, 0.25) is 0 Å². The van der Waals surface area contributed by atoms with Gasteiger partial charge in [-0.05, 0) is 50.2 Å². The molecule has 0 aliphatic rings. The summed E-state index contributed by atoms with van der Waals surface area (Å²) in [7, 11) is 0. The van der Waals surface area contributed by atoms with Crippen molar-refractivity contribution in [3.63, 3.8) is 0 Å². The van der Waals surface area contributed by atoms with Gasteiger partial charge in [0.25, 0.3) is 5.91 Å². The van der Waals surface area contributed by atoms with Gasteiger partial charge in [-0.1, -0.05) is 17.7 Å². The van der Waals surface area contributed by atoms with E-state index >= 15 is 0 Å². The van der Waals surface area contributed by atoms with Crippen molar-refractivity contribution < 1.29 is 23.8 Å². The third kappa shape index (κ3) is 7.68. The van der Waals surface area contributed by atoms with E-state index in [2.05, 4.69) is 10.6 Å². The van der Waals surface area contributed by atoms with E-state index in [1.54, 1.807) is 31.2 Å². The third-order valence-corrected chi connectivity index (χ3v) is 3.44. The SMILES string of the molecule is CCOC(=O)NCCNC(=O)COc1ccc(Oc2ccc(C)cc2)cc1. The summed E-state index contributed by atoms with van der Waals surface area (Å²) >= 11 is 0. The average Bonchev–Trinajstić information content (AvgIpc) is 2.67. The summed E-state index contributed by atoms with van der Waals surface area (Å²) in [4.78, 5) is 22.8. The number of rotatable bonds is 9. The molecule has 27 heavy (non-hydrogen) atoms. The van der Waals surface area contributed by atoms with Crippen LogP contribution in [0.25, 0.3) is 0 Å². The Balaban J connectivity index is 1.67. The number of aryl methyl sites for hydroxylation is 1. The smallest absolute Gasteiger partial charge is 0.407 e. The molecule has 2 N–H and O–H groups in total. The van der Waals surface area contributed by atoms with Gasteiger partial charge in [0, 0.05) is 13.1 Å². The molecule has 2 aromatic carbocycles. The van der Waals surface area contributed by atoms with Crippen LogP contribution in [0.3, 0.4) is 0 Å². The first-order chi connectivity index (χ1) is 13.1. The molecule has 2 rings (SSSR count). The Morgan fingerprint density at radius 2 is 1.41 bits per heavy atom. The molecule has 2 amide bonds. The number of benzene rings is 2. The van der Waals surface area contributed by atoms with E-state index in [9.17, 15) is 9.59 Å². The lowest BCUT2D eigenvalue weighted by Gasteiger charge is -2.09. The van der Waals surface area contributed by atoms with Gasteiger partial charge in [-0.2, -0.15) is 0 Å². The maximum absolute atomic E-state index is 11.7. The standard InChI is InChI=1S/C20H24N2O5/c1-3-25-20(24)22-13-12-21-19(23)14-26-16-8-10-18(11-9-16)27-17-6-4-15(2)5-7-17/h4-11H,3,12-14H2,1-2H3,(H,21,23)(H,22,24). The van der Waals surface area contributed by atoms with E-state index in [4.69, 9.17) is 14.2 Å². The van der Waals surface area contributed by atoms with Crippen molar-refractivity contribution in [2.45, 2.75) is 13.8 Å². The first kappa shape index (κ1) is 20.1. The molecule has 2 aromatic rings. The molecular formula is C20H24N2O5. The lowest BCUT2D eigenvalue weighted by Crippen LogP contribution is -2.37. The molecule has 0 fully saturated rings. The van der Waals surface area contributed by atoms with Gasteiger partial charge in [0.15, 0.2) is 6.61 Å². The Bertz CT molecular complexity index is 729. The summed E-state index contributed by atoms with van der Waals surface area (Å²) in [6, 6.07) is 14.8. The number of nitrogens with one attached hydrogen (secondary N) is 2. The summed E-state index contributed by atoms with van der Waals surface area (Å²) in [5.41, 5.74) is 1.17. The fraction of sp³-hybridized carbons (Fsp3) is 0.300. The molecule has 0 atom stereocenters. The van der Waals surface area contributed by atoms with Gasteiger partial charge in [0.05, 0.1) is 6.61 Å². The van der Waals surface area contributed by atoms with Crippen LogP contribution in [0.1, 0.15) is 12.5 Å². The van der Waals surface area contributed by atoms with Gasteiger partial charge < -0.3 is 24.8 Å². The highest BCUT2D eigenvalue weighted by atomic mass is 16.5. The predicted octanol–water partition coefficient (Wildman–Crippen LogP) is 3.03. The van der Waals surface area contributed by atoms with Crippen LogP contribution in [0.2, 0.25) is 0 Å². The fourth-order valence-corrected chi connectivity index (χ4v) is 2.09. The topological polar surface area (TPSA) is 85.9 Å². The van der Waals surface area contributed by atoms with E-state index in [0.29, 0.717) is 24.7 Å². The zero-order chi connectivity index (χ0) is 19.5. The Labute approximate surface area is 158 Å². The third-order valence-electron chi connectivity index (χ3n) is 3.44. The van der Waals surface area contributed by atoms with E-state index < -0.39 is 6.09 Å². The van der Waals surface area contributed by atoms with Crippen LogP contribution in [-0.2, 0) is 9.53 Å². The molecule has 0 bridgehead atoms. The molecule has 0 aliphatic carbocycles. The van der Waals surface area contributed by atoms with Crippen molar-refractivity contribution in [2.75, 3.05) is 26.3 Å². The van der Waals surface area contributed by atoms with Gasteiger partial charge in [-0.25, -0.2) is 4.79 Å². The zero-order valence-corrected chi connectivity index (χ0v) is 15.5. The van der Waals surface area contributed by atoms with Crippen molar-refractivity contribution in [1.29, 1.82) is 0 Å². The molecular weight excluding hydrogens is 348 g/mol. The van der Waals surface area contributed by atoms with Crippen LogP contribution in [0, 0.1) is 6.92 Å². The monoisotopic (exact) mass is 372 g/mol. The van der Waals surface area contributed by atoms with Crippen LogP contribution in [-0.4, -0.2) is 38.3 Å². The summed E-state index contributed by atoms with van der Waals surface area (Å²) in [6.07, 6.45) is -0.504. The fourth-order valence-electron chi connectivity index (χ4n) is 2.09. The minimum Gasteiger partial charge on any atom is -0.484 e. The predicted molar refractivity (Wildman–Crippen MR) is 101 cm³/mol. The second-order valence-corrected chi connectivity index (χ2v) is 5.67. The van der Waals surface area contributed by atoms with E-state index in [-0.39, 0.29) is 19.1 Å². The molecule has 0 unspecified atom stereocenters. The molecule has 0 radical (unpaired) electrons. The normalized spacial score (nSPS) is 10.0. The highest BCUT2D eigenvalue weighted by Crippen LogP contribution is 2.24. The van der Waals surface area contributed by atoms with Crippen LogP contribution in [0.15, 0.2) is 48.5 Å². The summed E-state index contributed by atoms with van der Waals surface area (Å²) < 4.78 is 15.9. The van der Waals surface area contributed by atoms with Gasteiger partial charge in [-0.15, -0.1) is 0 Å². The lowest BCUT2D eigenvalue weighted by molar-refractivity contribution is -0.123. The first-order valence-corrected chi connectivity index (χ1v) is 8.71. The average molecular weight is 372 g/mol. The van der Waals surface area contributed by atoms with Crippen LogP contribution < -0.4 is 20.1 Å². The number of hydrogen-bond donors (Lipinski definition) is 2. The summed E-state index contributed by atoms with van der Waals surface area (Å²) in [5.74, 6) is 1.72. The Morgan fingerprint density at radius 1 is 0.852 bits per heavy atom. The highest BCUT2D eigenvalue weighted by Gasteiger charge is 2.04. The summed E-state index contributed by atoms with van der Waals surface area (Å²) in [5, 5.41) is 5.15. The Hall–Kier alpha value is -3.22. The number of carbonyl (C=O) groups excluding carboxylic acids is 2. The maximum Gasteiger partial charge on any atom is 0.407 e. The minimum atomic E-state index is -0.504. The largest absolute Gasteiger partial charge is 0.484 e. The second-order valence-electron chi connectivity index (χ2n) is 5.67. The van der Waals surface area contributed by atoms with Crippen molar-refractivity contribution in [1.82, 2.24) is 10.6 Å². The summed E-state index contributed by atoms with van der Waals surface area (Å²) in [6.45, 7) is 4.52. The Morgan fingerprint density at radius 3 is 2.04 bits per heavy atom. The zero-order valence-electron chi connectivity index (χ0n) is 15.5. The molecule has 0 aliphatic heterocycles. The van der Waals surface area contributed by atoms with Gasteiger partial charge in [0.1, 0.15) is 17.2 Å². The first-order valence-electron chi connectivity index (χ1n) is 8.71. The van der Waals surface area contributed by atoms with Crippen molar-refractivity contribution in [3.05, 3.63) is 54.1 Å². The number of ether oxygens (including phenoxy) is 3. The van der Waals surface area contributed by atoms with Crippen molar-refractivity contribution in [3.8, 4) is 17.2 Å². The highest BCUT2D eigenvalue weighted by molar-refractivity contribution is 5.77. The van der Waals surface area contributed by atoms with E-state index in [0.717, 1.165) is 5.75 Å². The molecule has 0 saturated carbocycles. The molecule has 0 heterocycles. The van der Waals surface area contributed by atoms with E-state index in [1.807, 2.05) is 31.2 Å².